The van der Waals surface area contributed by atoms with E-state index in [1.165, 1.54) is 41.7 Å². The average Bonchev–Trinajstić information content (AvgIpc) is 2.95. The van der Waals surface area contributed by atoms with Crippen LogP contribution in [0, 0.1) is 0 Å². The van der Waals surface area contributed by atoms with Crippen LogP contribution in [0.25, 0.3) is 0 Å². The second kappa shape index (κ2) is 12.5. The fourth-order valence-electron chi connectivity index (χ4n) is 4.68. The average molecular weight is 566 g/mol. The van der Waals surface area contributed by atoms with Crippen molar-refractivity contribution in [1.29, 1.82) is 0 Å². The van der Waals surface area contributed by atoms with Gasteiger partial charge in [-0.05, 0) is 74.6 Å². The number of hydrogen-bond donors (Lipinski definition) is 1. The van der Waals surface area contributed by atoms with Gasteiger partial charge in [0.1, 0.15) is 18.1 Å². The van der Waals surface area contributed by atoms with Crippen molar-refractivity contribution in [1.82, 2.24) is 13.9 Å². The molecule has 0 atom stereocenters. The number of ether oxygens (including phenoxy) is 2. The first kappa shape index (κ1) is 28.3. The summed E-state index contributed by atoms with van der Waals surface area (Å²) < 4.78 is 66.3. The maximum atomic E-state index is 13.0. The first-order chi connectivity index (χ1) is 18.2. The zero-order valence-electron chi connectivity index (χ0n) is 21.6. The molecule has 0 bridgehead atoms. The Kier molecular flexibility index (Phi) is 9.29. The molecule has 1 amide bonds. The lowest BCUT2D eigenvalue weighted by atomic mass is 10.1. The molecule has 2 aliphatic rings. The van der Waals surface area contributed by atoms with Gasteiger partial charge in [-0.1, -0.05) is 6.42 Å². The zero-order valence-corrected chi connectivity index (χ0v) is 23.2. The Hall–Kier alpha value is -2.67. The molecule has 2 aliphatic heterocycles. The summed E-state index contributed by atoms with van der Waals surface area (Å²) >= 11 is 0. The predicted octanol–water partition coefficient (Wildman–Crippen LogP) is 2.85. The molecule has 2 aromatic carbocycles. The summed E-state index contributed by atoms with van der Waals surface area (Å²) in [6.07, 6.45) is 5.68. The molecule has 2 fully saturated rings. The van der Waals surface area contributed by atoms with E-state index in [1.54, 1.807) is 17.0 Å². The van der Waals surface area contributed by atoms with Gasteiger partial charge < -0.3 is 14.4 Å². The van der Waals surface area contributed by atoms with Crippen LogP contribution in [0.1, 0.15) is 48.9 Å². The highest BCUT2D eigenvalue weighted by atomic mass is 32.2. The SMILES string of the molecule is COc1ccc(S(=O)(=O)NCCOc2ccc(S(=O)(=O)N3CCCCC3)cc2)cc1C(=O)N1CCCCC1. The van der Waals surface area contributed by atoms with Crippen LogP contribution in [0.2, 0.25) is 0 Å². The second-order valence-corrected chi connectivity index (χ2v) is 13.1. The Labute approximate surface area is 225 Å². The molecule has 208 valence electrons. The molecule has 4 rings (SSSR count). The lowest BCUT2D eigenvalue weighted by Crippen LogP contribution is -2.36. The van der Waals surface area contributed by atoms with Crippen molar-refractivity contribution in [3.63, 3.8) is 0 Å². The summed E-state index contributed by atoms with van der Waals surface area (Å²) in [7, 11) is -5.99. The number of methoxy groups -OCH3 is 1. The number of nitrogens with zero attached hydrogens (tertiary/aromatic N) is 2. The topological polar surface area (TPSA) is 122 Å². The number of carbonyl (C=O) groups excluding carboxylic acids is 1. The van der Waals surface area contributed by atoms with Crippen LogP contribution in [0.3, 0.4) is 0 Å². The minimum atomic E-state index is -3.91. The van der Waals surface area contributed by atoms with Crippen molar-refractivity contribution in [3.8, 4) is 11.5 Å². The van der Waals surface area contributed by atoms with Gasteiger partial charge in [-0.3, -0.25) is 4.79 Å². The molecule has 0 aliphatic carbocycles. The monoisotopic (exact) mass is 565 g/mol. The van der Waals surface area contributed by atoms with Crippen molar-refractivity contribution in [3.05, 3.63) is 48.0 Å². The molecule has 0 spiro atoms. The number of carbonyl (C=O) groups is 1. The summed E-state index contributed by atoms with van der Waals surface area (Å²) in [4.78, 5) is 14.9. The van der Waals surface area contributed by atoms with Gasteiger partial charge in [0, 0.05) is 32.7 Å². The van der Waals surface area contributed by atoms with Crippen LogP contribution in [0.5, 0.6) is 11.5 Å². The first-order valence-corrected chi connectivity index (χ1v) is 15.8. The summed E-state index contributed by atoms with van der Waals surface area (Å²) in [5.41, 5.74) is 0.216. The Bertz CT molecular complexity index is 1320. The molecule has 10 nitrogen and oxygen atoms in total. The maximum Gasteiger partial charge on any atom is 0.257 e. The van der Waals surface area contributed by atoms with Crippen LogP contribution in [0.15, 0.2) is 52.3 Å². The van der Waals surface area contributed by atoms with Crippen LogP contribution < -0.4 is 14.2 Å². The normalized spacial score (nSPS) is 17.2. The van der Waals surface area contributed by atoms with E-state index in [2.05, 4.69) is 4.72 Å². The van der Waals surface area contributed by atoms with Gasteiger partial charge in [-0.15, -0.1) is 0 Å². The molecule has 0 unspecified atom stereocenters. The number of rotatable bonds is 10. The summed E-state index contributed by atoms with van der Waals surface area (Å²) in [5, 5.41) is 0. The van der Waals surface area contributed by atoms with E-state index in [9.17, 15) is 21.6 Å². The fraction of sp³-hybridized carbons (Fsp3) is 0.500. The molecular weight excluding hydrogens is 530 g/mol. The molecule has 2 saturated heterocycles. The molecule has 0 saturated carbocycles. The standard InChI is InChI=1S/C26H35N3O7S2/c1-35-25-13-12-23(20-24(25)26(30)28-15-4-2-5-16-28)37(31,32)27-14-19-36-21-8-10-22(11-9-21)38(33,34)29-17-6-3-7-18-29/h8-13,20,27H,2-7,14-19H2,1H3. The Morgan fingerprint density at radius 1 is 0.842 bits per heavy atom. The van der Waals surface area contributed by atoms with Gasteiger partial charge in [-0.2, -0.15) is 4.31 Å². The number of sulfonamides is 2. The van der Waals surface area contributed by atoms with Crippen molar-refractivity contribution in [2.45, 2.75) is 48.3 Å². The molecule has 0 aromatic heterocycles. The highest BCUT2D eigenvalue weighted by Gasteiger charge is 2.26. The Balaban J connectivity index is 1.34. The number of likely N-dealkylation sites (tertiary alicyclic amines) is 1. The van der Waals surface area contributed by atoms with Crippen molar-refractivity contribution >= 4 is 26.0 Å². The Morgan fingerprint density at radius 3 is 2.08 bits per heavy atom. The van der Waals surface area contributed by atoms with E-state index in [0.717, 1.165) is 38.5 Å². The van der Waals surface area contributed by atoms with E-state index >= 15 is 0 Å². The number of amides is 1. The van der Waals surface area contributed by atoms with Gasteiger partial charge in [-0.25, -0.2) is 21.6 Å². The fourth-order valence-corrected chi connectivity index (χ4v) is 7.24. The molecule has 38 heavy (non-hydrogen) atoms. The number of benzene rings is 2. The van der Waals surface area contributed by atoms with Crippen LogP contribution in [-0.2, 0) is 20.0 Å². The minimum absolute atomic E-state index is 0.0163. The lowest BCUT2D eigenvalue weighted by Gasteiger charge is -2.27. The predicted molar refractivity (Wildman–Crippen MR) is 142 cm³/mol. The molecular formula is C26H35N3O7S2. The van der Waals surface area contributed by atoms with Gasteiger partial charge in [0.2, 0.25) is 20.0 Å². The second-order valence-electron chi connectivity index (χ2n) is 9.40. The van der Waals surface area contributed by atoms with Gasteiger partial charge >= 0.3 is 0 Å². The molecule has 0 radical (unpaired) electrons. The summed E-state index contributed by atoms with van der Waals surface area (Å²) in [6.45, 7) is 2.36. The maximum absolute atomic E-state index is 13.0. The molecule has 12 heteroatoms. The number of hydrogen-bond acceptors (Lipinski definition) is 7. The number of piperidine rings is 2. The lowest BCUT2D eigenvalue weighted by molar-refractivity contribution is 0.0720. The van der Waals surface area contributed by atoms with Gasteiger partial charge in [0.25, 0.3) is 5.91 Å². The third-order valence-corrected chi connectivity index (χ3v) is 10.2. The van der Waals surface area contributed by atoms with E-state index < -0.39 is 20.0 Å². The minimum Gasteiger partial charge on any atom is -0.496 e. The molecule has 2 heterocycles. The largest absolute Gasteiger partial charge is 0.496 e. The highest BCUT2D eigenvalue weighted by molar-refractivity contribution is 7.89. The zero-order chi connectivity index (χ0) is 27.2. The third-order valence-electron chi connectivity index (χ3n) is 6.79. The van der Waals surface area contributed by atoms with E-state index in [1.807, 2.05) is 0 Å². The van der Waals surface area contributed by atoms with Crippen molar-refractivity contribution in [2.75, 3.05) is 46.4 Å². The molecule has 2 aromatic rings. The smallest absolute Gasteiger partial charge is 0.257 e. The number of nitrogens with one attached hydrogen (secondary N) is 1. The van der Waals surface area contributed by atoms with Crippen LogP contribution in [-0.4, -0.2) is 78.4 Å². The van der Waals surface area contributed by atoms with Crippen molar-refractivity contribution in [2.24, 2.45) is 0 Å². The van der Waals surface area contributed by atoms with E-state index in [-0.39, 0.29) is 34.4 Å². The highest BCUT2D eigenvalue weighted by Crippen LogP contribution is 2.26. The summed E-state index contributed by atoms with van der Waals surface area (Å²) in [6, 6.07) is 10.4. The quantitative estimate of drug-likeness (QED) is 0.440. The van der Waals surface area contributed by atoms with E-state index in [4.69, 9.17) is 9.47 Å². The van der Waals surface area contributed by atoms with Crippen LogP contribution in [0.4, 0.5) is 0 Å². The first-order valence-electron chi connectivity index (χ1n) is 12.9. The Morgan fingerprint density at radius 2 is 1.45 bits per heavy atom. The third kappa shape index (κ3) is 6.66. The molecule has 1 N–H and O–H groups in total. The summed E-state index contributed by atoms with van der Waals surface area (Å²) in [5.74, 6) is 0.516. The van der Waals surface area contributed by atoms with Crippen LogP contribution >= 0.6 is 0 Å². The van der Waals surface area contributed by atoms with E-state index in [0.29, 0.717) is 37.7 Å². The van der Waals surface area contributed by atoms with Gasteiger partial charge in [0.15, 0.2) is 0 Å². The van der Waals surface area contributed by atoms with Gasteiger partial charge in [0.05, 0.1) is 22.5 Å². The van der Waals surface area contributed by atoms with Crippen molar-refractivity contribution < 1.29 is 31.1 Å².